The highest BCUT2D eigenvalue weighted by Gasteiger charge is 2.21. The number of carbonyl (C=O) groups is 2. The summed E-state index contributed by atoms with van der Waals surface area (Å²) in [6.45, 7) is 0.728. The Hall–Kier alpha value is -3.48. The summed E-state index contributed by atoms with van der Waals surface area (Å²) in [6.07, 6.45) is 6.34. The van der Waals surface area contributed by atoms with Crippen LogP contribution in [0, 0.1) is 0 Å². The maximum atomic E-state index is 12.3. The number of carbonyl (C=O) groups excluding carboxylic acids is 2. The van der Waals surface area contributed by atoms with Gasteiger partial charge in [0.15, 0.2) is 5.82 Å². The average molecular weight is 348 g/mol. The third-order valence-electron chi connectivity index (χ3n) is 4.16. The summed E-state index contributed by atoms with van der Waals surface area (Å²) >= 11 is 0. The van der Waals surface area contributed by atoms with Gasteiger partial charge in [-0.3, -0.25) is 4.79 Å². The van der Waals surface area contributed by atoms with Crippen molar-refractivity contribution < 1.29 is 14.3 Å². The van der Waals surface area contributed by atoms with Crippen LogP contribution in [0.5, 0.6) is 5.75 Å². The number of nitrogens with zero attached hydrogens (tertiary/aromatic N) is 4. The predicted molar refractivity (Wildman–Crippen MR) is 94.3 cm³/mol. The minimum Gasteiger partial charge on any atom is -0.423 e. The van der Waals surface area contributed by atoms with E-state index in [1.807, 2.05) is 0 Å². The molecule has 0 spiro atoms. The zero-order chi connectivity index (χ0) is 17.9. The van der Waals surface area contributed by atoms with Crippen molar-refractivity contribution in [2.24, 2.45) is 0 Å². The number of hydrogen-bond acceptors (Lipinski definition) is 5. The van der Waals surface area contributed by atoms with Gasteiger partial charge in [0.1, 0.15) is 5.75 Å². The first-order valence-corrected chi connectivity index (χ1v) is 8.29. The molecule has 3 heterocycles. The molecule has 7 heteroatoms. The lowest BCUT2D eigenvalue weighted by Gasteiger charge is -2.15. The second-order valence-corrected chi connectivity index (χ2v) is 5.89. The summed E-state index contributed by atoms with van der Waals surface area (Å²) < 4.78 is 6.98. The molecule has 1 aliphatic rings. The molecule has 1 fully saturated rings. The highest BCUT2D eigenvalue weighted by atomic mass is 16.5. The van der Waals surface area contributed by atoms with E-state index in [-0.39, 0.29) is 5.91 Å². The molecule has 1 amide bonds. The predicted octanol–water partition coefficient (Wildman–Crippen LogP) is 2.61. The van der Waals surface area contributed by atoms with Crippen molar-refractivity contribution in [1.82, 2.24) is 14.8 Å². The van der Waals surface area contributed by atoms with Gasteiger partial charge in [-0.2, -0.15) is 5.10 Å². The maximum Gasteiger partial charge on any atom is 0.345 e. The number of anilines is 1. The van der Waals surface area contributed by atoms with E-state index in [0.717, 1.165) is 18.7 Å². The second-order valence-electron chi connectivity index (χ2n) is 5.89. The number of rotatable bonds is 4. The first-order chi connectivity index (χ1) is 12.7. The van der Waals surface area contributed by atoms with Gasteiger partial charge in [-0.15, -0.1) is 0 Å². The van der Waals surface area contributed by atoms with Crippen molar-refractivity contribution in [2.45, 2.75) is 12.8 Å². The number of hydrogen-bond donors (Lipinski definition) is 0. The Balaban J connectivity index is 1.43. The molecule has 0 unspecified atom stereocenters. The highest BCUT2D eigenvalue weighted by molar-refractivity contribution is 5.95. The Kier molecular flexibility index (Phi) is 4.18. The summed E-state index contributed by atoms with van der Waals surface area (Å²) in [5, 5.41) is 4.08. The Morgan fingerprint density at radius 2 is 1.96 bits per heavy atom. The maximum absolute atomic E-state index is 12.3. The lowest BCUT2D eigenvalue weighted by molar-refractivity contribution is -0.117. The number of amides is 1. The van der Waals surface area contributed by atoms with Crippen molar-refractivity contribution in [2.75, 3.05) is 11.4 Å². The summed E-state index contributed by atoms with van der Waals surface area (Å²) in [6, 6.07) is 12.1. The van der Waals surface area contributed by atoms with Gasteiger partial charge < -0.3 is 9.64 Å². The summed E-state index contributed by atoms with van der Waals surface area (Å²) in [5.41, 5.74) is 1.16. The molecule has 2 aromatic heterocycles. The van der Waals surface area contributed by atoms with Crippen molar-refractivity contribution in [3.63, 3.8) is 0 Å². The van der Waals surface area contributed by atoms with Gasteiger partial charge in [-0.1, -0.05) is 0 Å². The van der Waals surface area contributed by atoms with Crippen LogP contribution >= 0.6 is 0 Å². The van der Waals surface area contributed by atoms with E-state index in [9.17, 15) is 9.59 Å². The van der Waals surface area contributed by atoms with E-state index in [1.165, 1.54) is 6.20 Å². The van der Waals surface area contributed by atoms with Crippen LogP contribution in [-0.2, 0) is 4.79 Å². The topological polar surface area (TPSA) is 77.3 Å². The van der Waals surface area contributed by atoms with Gasteiger partial charge in [0.25, 0.3) is 0 Å². The standard InChI is InChI=1S/C19H16N4O3/c24-18-3-1-11-22(18)15-5-7-16(8-6-15)26-19(25)14-4-9-17(20-13-14)23-12-2-10-21-23/h2,4-10,12-13H,1,3,11H2. The van der Waals surface area contributed by atoms with Crippen molar-refractivity contribution in [3.8, 4) is 11.6 Å². The zero-order valence-corrected chi connectivity index (χ0v) is 13.9. The second kappa shape index (κ2) is 6.79. The molecular formula is C19H16N4O3. The average Bonchev–Trinajstić information content (AvgIpc) is 3.34. The fraction of sp³-hybridized carbons (Fsp3) is 0.158. The smallest absolute Gasteiger partial charge is 0.345 e. The minimum atomic E-state index is -0.491. The first kappa shape index (κ1) is 16.0. The van der Waals surface area contributed by atoms with Crippen molar-refractivity contribution in [3.05, 3.63) is 66.6 Å². The molecule has 0 saturated carbocycles. The highest BCUT2D eigenvalue weighted by Crippen LogP contribution is 2.24. The van der Waals surface area contributed by atoms with E-state index in [2.05, 4.69) is 10.1 Å². The Bertz CT molecular complexity index is 918. The molecule has 7 nitrogen and oxygen atoms in total. The van der Waals surface area contributed by atoms with Crippen LogP contribution < -0.4 is 9.64 Å². The van der Waals surface area contributed by atoms with Crippen LogP contribution in [0.3, 0.4) is 0 Å². The largest absolute Gasteiger partial charge is 0.423 e. The van der Waals surface area contributed by atoms with E-state index in [1.54, 1.807) is 64.4 Å². The van der Waals surface area contributed by atoms with E-state index >= 15 is 0 Å². The summed E-state index contributed by atoms with van der Waals surface area (Å²) in [7, 11) is 0. The molecule has 0 aliphatic carbocycles. The molecule has 4 rings (SSSR count). The molecule has 26 heavy (non-hydrogen) atoms. The van der Waals surface area contributed by atoms with Crippen LogP contribution in [0.4, 0.5) is 5.69 Å². The lowest BCUT2D eigenvalue weighted by atomic mass is 10.2. The number of esters is 1. The number of aromatic nitrogens is 3. The quantitative estimate of drug-likeness (QED) is 0.535. The molecule has 0 bridgehead atoms. The third-order valence-corrected chi connectivity index (χ3v) is 4.16. The fourth-order valence-corrected chi connectivity index (χ4v) is 2.83. The zero-order valence-electron chi connectivity index (χ0n) is 13.9. The molecule has 1 saturated heterocycles. The van der Waals surface area contributed by atoms with Gasteiger partial charge in [0.05, 0.1) is 5.56 Å². The monoisotopic (exact) mass is 348 g/mol. The van der Waals surface area contributed by atoms with E-state index in [4.69, 9.17) is 4.74 Å². The van der Waals surface area contributed by atoms with Gasteiger partial charge in [0.2, 0.25) is 5.91 Å². The van der Waals surface area contributed by atoms with Gasteiger partial charge >= 0.3 is 5.97 Å². The van der Waals surface area contributed by atoms with E-state index < -0.39 is 5.97 Å². The van der Waals surface area contributed by atoms with Gasteiger partial charge in [-0.25, -0.2) is 14.5 Å². The number of benzene rings is 1. The third kappa shape index (κ3) is 3.19. The molecule has 0 atom stereocenters. The Labute approximate surface area is 149 Å². The van der Waals surface area contributed by atoms with Gasteiger partial charge in [-0.05, 0) is 48.9 Å². The molecule has 0 N–H and O–H groups in total. The molecular weight excluding hydrogens is 332 g/mol. The van der Waals surface area contributed by atoms with Crippen molar-refractivity contribution >= 4 is 17.6 Å². The van der Waals surface area contributed by atoms with Crippen molar-refractivity contribution in [1.29, 1.82) is 0 Å². The molecule has 0 radical (unpaired) electrons. The van der Waals surface area contributed by atoms with Crippen LogP contribution in [0.25, 0.3) is 5.82 Å². The Morgan fingerprint density at radius 1 is 1.12 bits per heavy atom. The number of pyridine rings is 1. The SMILES string of the molecule is O=C(Oc1ccc(N2CCCC2=O)cc1)c1ccc(-n2cccn2)nc1. The molecule has 130 valence electrons. The van der Waals surface area contributed by atoms with Crippen LogP contribution in [0.15, 0.2) is 61.1 Å². The number of ether oxygens (including phenoxy) is 1. The fourth-order valence-electron chi connectivity index (χ4n) is 2.83. The molecule has 3 aromatic rings. The normalized spacial score (nSPS) is 13.8. The first-order valence-electron chi connectivity index (χ1n) is 8.29. The molecule has 1 aromatic carbocycles. The Morgan fingerprint density at radius 3 is 2.58 bits per heavy atom. The van der Waals surface area contributed by atoms with Crippen LogP contribution in [0.2, 0.25) is 0 Å². The summed E-state index contributed by atoms with van der Waals surface area (Å²) in [5.74, 6) is 0.667. The lowest BCUT2D eigenvalue weighted by Crippen LogP contribution is -2.23. The van der Waals surface area contributed by atoms with Gasteiger partial charge in [0, 0.05) is 37.2 Å². The van der Waals surface area contributed by atoms with Crippen LogP contribution in [0.1, 0.15) is 23.2 Å². The van der Waals surface area contributed by atoms with E-state index in [0.29, 0.717) is 23.6 Å². The minimum absolute atomic E-state index is 0.123. The summed E-state index contributed by atoms with van der Waals surface area (Å²) in [4.78, 5) is 30.0. The molecule has 1 aliphatic heterocycles. The van der Waals surface area contributed by atoms with Crippen LogP contribution in [-0.4, -0.2) is 33.2 Å².